The molecular weight excluding hydrogens is 441 g/mol. The first-order valence-electron chi connectivity index (χ1n) is 9.88. The monoisotopic (exact) mass is 463 g/mol. The van der Waals surface area contributed by atoms with Crippen LogP contribution in [-0.4, -0.2) is 90.2 Å². The number of primary amides is 1. The van der Waals surface area contributed by atoms with Gasteiger partial charge in [0.1, 0.15) is 0 Å². The molecule has 4 rings (SSSR count). The lowest BCUT2D eigenvalue weighted by molar-refractivity contribution is -0.138. The first-order chi connectivity index (χ1) is 15.3. The lowest BCUT2D eigenvalue weighted by Gasteiger charge is -2.37. The summed E-state index contributed by atoms with van der Waals surface area (Å²) in [4.78, 5) is 42.1. The van der Waals surface area contributed by atoms with Crippen LogP contribution in [0, 0.1) is 0 Å². The van der Waals surface area contributed by atoms with Gasteiger partial charge >= 0.3 is 6.09 Å². The number of likely N-dealkylation sites (N-methyl/N-ethyl adjacent to an activating group) is 1. The summed E-state index contributed by atoms with van der Waals surface area (Å²) in [5.41, 5.74) is 5.86. The molecule has 2 aromatic rings. The predicted molar refractivity (Wildman–Crippen MR) is 114 cm³/mol. The molecule has 0 bridgehead atoms. The number of rotatable bonds is 6. The number of amides is 3. The minimum atomic E-state index is -1.42. The third-order valence-electron chi connectivity index (χ3n) is 5.32. The summed E-state index contributed by atoms with van der Waals surface area (Å²) in [5.74, 6) is -1.000. The standard InChI is InChI=1S/C19H22FN7O4S/c1-24(15-11-27(19(30)31-15)12-5-3-2-4-6-12)14(28)10-25-7-8-26(13(20)9-25)18-23-22-17(32-18)16(21)29/h2-6,13,15H,7-11H2,1H3,(H2,21,29). The van der Waals surface area contributed by atoms with E-state index in [1.165, 1.54) is 14.7 Å². The molecule has 0 radical (unpaired) electrons. The number of para-hydroxylation sites is 1. The minimum Gasteiger partial charge on any atom is -0.423 e. The second-order valence-corrected chi connectivity index (χ2v) is 8.36. The van der Waals surface area contributed by atoms with Crippen LogP contribution in [0.2, 0.25) is 0 Å². The van der Waals surface area contributed by atoms with Crippen LogP contribution in [0.5, 0.6) is 0 Å². The van der Waals surface area contributed by atoms with Crippen LogP contribution in [0.1, 0.15) is 9.80 Å². The quantitative estimate of drug-likeness (QED) is 0.614. The Labute approximate surface area is 187 Å². The zero-order chi connectivity index (χ0) is 22.8. The maximum absolute atomic E-state index is 14.7. The Kier molecular flexibility index (Phi) is 6.19. The highest BCUT2D eigenvalue weighted by molar-refractivity contribution is 7.17. The molecule has 2 saturated heterocycles. The van der Waals surface area contributed by atoms with Crippen LogP contribution < -0.4 is 15.5 Å². The van der Waals surface area contributed by atoms with E-state index in [0.29, 0.717) is 12.2 Å². The topological polar surface area (TPSA) is 125 Å². The van der Waals surface area contributed by atoms with E-state index < -0.39 is 24.5 Å². The van der Waals surface area contributed by atoms with E-state index in [1.54, 1.807) is 24.1 Å². The molecule has 2 aliphatic rings. The van der Waals surface area contributed by atoms with E-state index in [2.05, 4.69) is 10.2 Å². The van der Waals surface area contributed by atoms with Crippen molar-refractivity contribution in [3.63, 3.8) is 0 Å². The maximum Gasteiger partial charge on any atom is 0.416 e. The molecule has 32 heavy (non-hydrogen) atoms. The lowest BCUT2D eigenvalue weighted by Crippen LogP contribution is -2.54. The van der Waals surface area contributed by atoms with Crippen LogP contribution in [0.15, 0.2) is 30.3 Å². The molecule has 170 valence electrons. The fourth-order valence-corrected chi connectivity index (χ4v) is 4.27. The molecule has 1 aromatic heterocycles. The molecule has 1 aromatic carbocycles. The zero-order valence-corrected chi connectivity index (χ0v) is 18.1. The van der Waals surface area contributed by atoms with Gasteiger partial charge in [-0.05, 0) is 12.1 Å². The van der Waals surface area contributed by atoms with E-state index in [1.807, 2.05) is 18.2 Å². The van der Waals surface area contributed by atoms with Crippen LogP contribution in [0.3, 0.4) is 0 Å². The highest BCUT2D eigenvalue weighted by atomic mass is 32.1. The van der Waals surface area contributed by atoms with Crippen molar-refractivity contribution < 1.29 is 23.5 Å². The Morgan fingerprint density at radius 2 is 2.00 bits per heavy atom. The van der Waals surface area contributed by atoms with Gasteiger partial charge in [-0.3, -0.25) is 19.4 Å². The molecular formula is C19H22FN7O4S. The Balaban J connectivity index is 1.31. The van der Waals surface area contributed by atoms with E-state index >= 15 is 0 Å². The number of halogens is 1. The number of alkyl halides is 1. The summed E-state index contributed by atoms with van der Waals surface area (Å²) < 4.78 is 20.1. The molecule has 3 heterocycles. The Morgan fingerprint density at radius 3 is 2.66 bits per heavy atom. The van der Waals surface area contributed by atoms with Gasteiger partial charge in [0, 0.05) is 32.4 Å². The van der Waals surface area contributed by atoms with Crippen LogP contribution in [-0.2, 0) is 9.53 Å². The van der Waals surface area contributed by atoms with Crippen LogP contribution in [0.4, 0.5) is 20.0 Å². The average molecular weight is 463 g/mol. The summed E-state index contributed by atoms with van der Waals surface area (Å²) in [6, 6.07) is 9.05. The molecule has 0 saturated carbocycles. The summed E-state index contributed by atoms with van der Waals surface area (Å²) >= 11 is 0.929. The number of carbonyl (C=O) groups is 3. The number of carbonyl (C=O) groups excluding carboxylic acids is 3. The second-order valence-electron chi connectivity index (χ2n) is 7.41. The Bertz CT molecular complexity index is 1010. The fraction of sp³-hybridized carbons (Fsp3) is 0.421. The number of ether oxygens (including phenoxy) is 1. The Morgan fingerprint density at radius 1 is 1.25 bits per heavy atom. The van der Waals surface area contributed by atoms with Crippen molar-refractivity contribution in [2.75, 3.05) is 49.6 Å². The first-order valence-corrected chi connectivity index (χ1v) is 10.7. The first kappa shape index (κ1) is 21.9. The summed E-state index contributed by atoms with van der Waals surface area (Å²) in [6.45, 7) is 0.847. The van der Waals surface area contributed by atoms with Gasteiger partial charge in [-0.15, -0.1) is 10.2 Å². The van der Waals surface area contributed by atoms with Crippen molar-refractivity contribution >= 4 is 40.1 Å². The van der Waals surface area contributed by atoms with Crippen molar-refractivity contribution in [2.24, 2.45) is 5.73 Å². The number of hydrogen-bond acceptors (Lipinski definition) is 9. The number of cyclic esters (lactones) is 1. The number of anilines is 2. The van der Waals surface area contributed by atoms with Gasteiger partial charge in [0.15, 0.2) is 12.5 Å². The molecule has 3 amide bonds. The molecule has 11 nitrogen and oxygen atoms in total. The van der Waals surface area contributed by atoms with Gasteiger partial charge in [0.2, 0.25) is 16.0 Å². The van der Waals surface area contributed by atoms with Gasteiger partial charge in [0.05, 0.1) is 13.1 Å². The minimum absolute atomic E-state index is 0.0158. The van der Waals surface area contributed by atoms with Crippen LogP contribution in [0.25, 0.3) is 0 Å². The second kappa shape index (κ2) is 9.04. The van der Waals surface area contributed by atoms with Crippen molar-refractivity contribution in [1.29, 1.82) is 0 Å². The van der Waals surface area contributed by atoms with E-state index in [0.717, 1.165) is 11.3 Å². The van der Waals surface area contributed by atoms with Gasteiger partial charge < -0.3 is 20.3 Å². The van der Waals surface area contributed by atoms with Crippen molar-refractivity contribution in [3.05, 3.63) is 35.3 Å². The van der Waals surface area contributed by atoms with Crippen molar-refractivity contribution in [1.82, 2.24) is 20.0 Å². The average Bonchev–Trinajstić information content (AvgIpc) is 3.41. The van der Waals surface area contributed by atoms with E-state index in [-0.39, 0.29) is 42.2 Å². The molecule has 0 spiro atoms. The summed E-state index contributed by atoms with van der Waals surface area (Å²) in [5, 5.41) is 7.77. The zero-order valence-electron chi connectivity index (χ0n) is 17.3. The number of benzene rings is 1. The molecule has 13 heteroatoms. The molecule has 2 N–H and O–H groups in total. The Hall–Kier alpha value is -3.32. The summed E-state index contributed by atoms with van der Waals surface area (Å²) in [7, 11) is 1.56. The predicted octanol–water partition coefficient (Wildman–Crippen LogP) is 0.496. The molecule has 2 atom stereocenters. The SMILES string of the molecule is CN(C(=O)CN1CCN(c2nnc(C(N)=O)s2)C(F)C1)C1CN(c2ccccc2)C(=O)O1. The third-order valence-corrected chi connectivity index (χ3v) is 6.30. The molecule has 2 fully saturated rings. The number of aromatic nitrogens is 2. The lowest BCUT2D eigenvalue weighted by atomic mass is 10.3. The van der Waals surface area contributed by atoms with E-state index in [4.69, 9.17) is 10.5 Å². The molecule has 0 aliphatic carbocycles. The number of piperazine rings is 1. The highest BCUT2D eigenvalue weighted by Gasteiger charge is 2.37. The molecule has 2 unspecified atom stereocenters. The number of hydrogen-bond donors (Lipinski definition) is 1. The molecule has 2 aliphatic heterocycles. The number of nitrogens with zero attached hydrogens (tertiary/aromatic N) is 6. The van der Waals surface area contributed by atoms with Gasteiger partial charge in [-0.2, -0.15) is 0 Å². The van der Waals surface area contributed by atoms with E-state index in [9.17, 15) is 18.8 Å². The van der Waals surface area contributed by atoms with Crippen molar-refractivity contribution in [3.8, 4) is 0 Å². The normalized spacial score (nSPS) is 21.5. The largest absolute Gasteiger partial charge is 0.423 e. The smallest absolute Gasteiger partial charge is 0.416 e. The van der Waals surface area contributed by atoms with Gasteiger partial charge in [0.25, 0.3) is 5.91 Å². The van der Waals surface area contributed by atoms with Gasteiger partial charge in [-0.1, -0.05) is 29.5 Å². The maximum atomic E-state index is 14.7. The number of nitrogens with two attached hydrogens (primary N) is 1. The van der Waals surface area contributed by atoms with Gasteiger partial charge in [-0.25, -0.2) is 9.18 Å². The van der Waals surface area contributed by atoms with Crippen molar-refractivity contribution in [2.45, 2.75) is 12.5 Å². The fourth-order valence-electron chi connectivity index (χ4n) is 3.51. The highest BCUT2D eigenvalue weighted by Crippen LogP contribution is 2.26. The summed E-state index contributed by atoms with van der Waals surface area (Å²) in [6.07, 6.45) is -2.68. The third kappa shape index (κ3) is 4.48. The van der Waals surface area contributed by atoms with Crippen LogP contribution >= 0.6 is 11.3 Å².